The minimum absolute atomic E-state index is 0.181. The van der Waals surface area contributed by atoms with Crippen LogP contribution in [0, 0.1) is 0 Å². The number of hydrogen-bond acceptors (Lipinski definition) is 5. The molecule has 0 radical (unpaired) electrons. The van der Waals surface area contributed by atoms with Gasteiger partial charge in [-0.3, -0.25) is 4.55 Å². The predicted octanol–water partition coefficient (Wildman–Crippen LogP) is 2.31. The van der Waals surface area contributed by atoms with Gasteiger partial charge in [-0.1, -0.05) is 24.3 Å². The third-order valence-electron chi connectivity index (χ3n) is 2.60. The lowest BCUT2D eigenvalue weighted by Gasteiger charge is -2.12. The maximum Gasteiger partial charge on any atom is 0.534 e. The van der Waals surface area contributed by atoms with Gasteiger partial charge in [0.15, 0.2) is 5.75 Å². The highest BCUT2D eigenvalue weighted by molar-refractivity contribution is 7.88. The fraction of sp³-hybridized carbons (Fsp3) is 0.0909. The summed E-state index contributed by atoms with van der Waals surface area (Å²) in [6.45, 7) is 0. The first-order valence-corrected chi connectivity index (χ1v) is 8.28. The molecule has 0 saturated carbocycles. The predicted molar refractivity (Wildman–Crippen MR) is 69.4 cm³/mol. The molecular weight excluding hydrogens is 349 g/mol. The van der Waals surface area contributed by atoms with Gasteiger partial charge in [0.1, 0.15) is 4.90 Å². The van der Waals surface area contributed by atoms with Gasteiger partial charge in [-0.25, -0.2) is 0 Å². The molecule has 0 atom stereocenters. The minimum atomic E-state index is -5.90. The average Bonchev–Trinajstić information content (AvgIpc) is 2.35. The van der Waals surface area contributed by atoms with Gasteiger partial charge in [0.2, 0.25) is 0 Å². The molecule has 6 nitrogen and oxygen atoms in total. The molecule has 0 spiro atoms. The molecule has 0 saturated heterocycles. The van der Waals surface area contributed by atoms with Crippen LogP contribution in [0.4, 0.5) is 13.2 Å². The highest BCUT2D eigenvalue weighted by Gasteiger charge is 2.48. The molecule has 0 aliphatic heterocycles. The third-order valence-corrected chi connectivity index (χ3v) is 4.48. The van der Waals surface area contributed by atoms with Crippen LogP contribution in [0.15, 0.2) is 41.3 Å². The van der Waals surface area contributed by atoms with Crippen LogP contribution in [0.25, 0.3) is 10.8 Å². The van der Waals surface area contributed by atoms with Crippen molar-refractivity contribution in [1.29, 1.82) is 0 Å². The zero-order valence-corrected chi connectivity index (χ0v) is 12.0. The van der Waals surface area contributed by atoms with Gasteiger partial charge in [0.05, 0.1) is 0 Å². The Labute approximate surface area is 123 Å². The Morgan fingerprint density at radius 3 is 2.00 bits per heavy atom. The number of alkyl halides is 3. The van der Waals surface area contributed by atoms with E-state index in [1.54, 1.807) is 0 Å². The Bertz CT molecular complexity index is 932. The van der Waals surface area contributed by atoms with E-state index in [4.69, 9.17) is 4.55 Å². The van der Waals surface area contributed by atoms with E-state index in [9.17, 15) is 30.0 Å². The monoisotopic (exact) mass is 356 g/mol. The van der Waals surface area contributed by atoms with Crippen LogP contribution >= 0.6 is 0 Å². The first-order valence-electron chi connectivity index (χ1n) is 5.43. The van der Waals surface area contributed by atoms with Crippen molar-refractivity contribution in [3.05, 3.63) is 36.4 Å². The Kier molecular flexibility index (Phi) is 3.83. The molecule has 0 heterocycles. The Morgan fingerprint density at radius 1 is 0.909 bits per heavy atom. The number of rotatable bonds is 3. The molecule has 0 unspecified atom stereocenters. The van der Waals surface area contributed by atoms with Crippen molar-refractivity contribution in [2.45, 2.75) is 10.4 Å². The lowest BCUT2D eigenvalue weighted by molar-refractivity contribution is -0.0499. The van der Waals surface area contributed by atoms with Gasteiger partial charge in [0.25, 0.3) is 10.1 Å². The van der Waals surface area contributed by atoms with E-state index in [0.29, 0.717) is 0 Å². The maximum atomic E-state index is 12.3. The second-order valence-electron chi connectivity index (χ2n) is 4.07. The molecule has 0 aliphatic rings. The van der Waals surface area contributed by atoms with Crippen LogP contribution in [-0.2, 0) is 20.2 Å². The smallest absolute Gasteiger partial charge is 0.375 e. The number of benzene rings is 2. The summed E-state index contributed by atoms with van der Waals surface area (Å²) in [5, 5.41) is -0.398. The Morgan fingerprint density at radius 2 is 1.45 bits per heavy atom. The van der Waals surface area contributed by atoms with Crippen molar-refractivity contribution in [3.8, 4) is 5.75 Å². The molecule has 0 amide bonds. The second-order valence-corrected chi connectivity index (χ2v) is 6.99. The van der Waals surface area contributed by atoms with Crippen LogP contribution in [0.1, 0.15) is 0 Å². The van der Waals surface area contributed by atoms with E-state index in [2.05, 4.69) is 4.18 Å². The molecule has 2 aromatic carbocycles. The van der Waals surface area contributed by atoms with Crippen LogP contribution in [-0.4, -0.2) is 26.9 Å². The van der Waals surface area contributed by atoms with E-state index in [0.717, 1.165) is 30.3 Å². The van der Waals surface area contributed by atoms with Crippen LogP contribution in [0.5, 0.6) is 5.75 Å². The van der Waals surface area contributed by atoms with Gasteiger partial charge in [-0.05, 0) is 12.1 Å². The Balaban J connectivity index is 2.69. The van der Waals surface area contributed by atoms with E-state index < -0.39 is 36.4 Å². The van der Waals surface area contributed by atoms with Crippen molar-refractivity contribution in [2.24, 2.45) is 0 Å². The second kappa shape index (κ2) is 5.11. The number of fused-ring (bicyclic) bond motifs is 1. The number of hydrogen-bond donors (Lipinski definition) is 1. The first-order chi connectivity index (χ1) is 9.93. The van der Waals surface area contributed by atoms with E-state index in [-0.39, 0.29) is 10.8 Å². The molecular formula is C11H7F3O6S2. The summed E-state index contributed by atoms with van der Waals surface area (Å²) < 4.78 is 94.6. The Hall–Kier alpha value is -1.85. The largest absolute Gasteiger partial charge is 0.534 e. The van der Waals surface area contributed by atoms with E-state index in [1.165, 1.54) is 6.07 Å². The van der Waals surface area contributed by atoms with Crippen molar-refractivity contribution < 1.29 is 38.7 Å². The topological polar surface area (TPSA) is 97.7 Å². The lowest BCUT2D eigenvalue weighted by atomic mass is 10.1. The summed E-state index contributed by atoms with van der Waals surface area (Å²) in [5.74, 6) is -0.708. The summed E-state index contributed by atoms with van der Waals surface area (Å²) >= 11 is 0. The summed E-state index contributed by atoms with van der Waals surface area (Å²) in [7, 11) is -10.5. The molecule has 120 valence electrons. The highest BCUT2D eigenvalue weighted by atomic mass is 32.2. The van der Waals surface area contributed by atoms with Gasteiger partial charge in [-0.15, -0.1) is 0 Å². The standard InChI is InChI=1S/C11H7F3O6S2/c12-11(13,14)22(18,19)20-9-5-1-4-8-7(9)3-2-6-10(8)21(15,16)17/h1-6H,(H,15,16,17). The first kappa shape index (κ1) is 16.5. The fourth-order valence-electron chi connectivity index (χ4n) is 1.72. The highest BCUT2D eigenvalue weighted by Crippen LogP contribution is 2.33. The van der Waals surface area contributed by atoms with Crippen LogP contribution < -0.4 is 4.18 Å². The fourth-order valence-corrected chi connectivity index (χ4v) is 2.90. The molecule has 0 aromatic heterocycles. The quantitative estimate of drug-likeness (QED) is 0.515. The summed E-state index contributed by atoms with van der Waals surface area (Å²) in [5.41, 5.74) is -5.63. The van der Waals surface area contributed by atoms with Crippen LogP contribution in [0.2, 0.25) is 0 Å². The van der Waals surface area contributed by atoms with Crippen molar-refractivity contribution in [2.75, 3.05) is 0 Å². The average molecular weight is 356 g/mol. The summed E-state index contributed by atoms with van der Waals surface area (Å²) in [4.78, 5) is -0.583. The third kappa shape index (κ3) is 3.00. The lowest BCUT2D eigenvalue weighted by Crippen LogP contribution is -2.28. The van der Waals surface area contributed by atoms with Gasteiger partial charge in [0, 0.05) is 10.8 Å². The molecule has 1 N–H and O–H groups in total. The maximum absolute atomic E-state index is 12.3. The minimum Gasteiger partial charge on any atom is -0.375 e. The SMILES string of the molecule is O=S(=O)(O)c1cccc2c(OS(=O)(=O)C(F)(F)F)cccc12. The molecule has 22 heavy (non-hydrogen) atoms. The molecule has 11 heteroatoms. The van der Waals surface area contributed by atoms with Crippen LogP contribution in [0.3, 0.4) is 0 Å². The zero-order chi connectivity index (χ0) is 16.8. The van der Waals surface area contributed by atoms with Crippen molar-refractivity contribution in [3.63, 3.8) is 0 Å². The van der Waals surface area contributed by atoms with Gasteiger partial charge in [-0.2, -0.15) is 30.0 Å². The van der Waals surface area contributed by atoms with Crippen molar-refractivity contribution >= 4 is 31.0 Å². The number of halogens is 3. The summed E-state index contributed by atoms with van der Waals surface area (Å²) in [6.07, 6.45) is 0. The van der Waals surface area contributed by atoms with Gasteiger partial charge >= 0.3 is 15.6 Å². The zero-order valence-electron chi connectivity index (χ0n) is 10.4. The molecule has 0 aliphatic carbocycles. The van der Waals surface area contributed by atoms with E-state index in [1.807, 2.05) is 0 Å². The summed E-state index contributed by atoms with van der Waals surface area (Å²) in [6, 6.07) is 6.51. The molecule has 2 rings (SSSR count). The molecule has 0 bridgehead atoms. The molecule has 0 fully saturated rings. The van der Waals surface area contributed by atoms with Crippen molar-refractivity contribution in [1.82, 2.24) is 0 Å². The molecule has 2 aromatic rings. The van der Waals surface area contributed by atoms with E-state index >= 15 is 0 Å². The normalized spacial score (nSPS) is 13.3. The van der Waals surface area contributed by atoms with Gasteiger partial charge < -0.3 is 4.18 Å².